The highest BCUT2D eigenvalue weighted by Crippen LogP contribution is 2.34. The third kappa shape index (κ3) is 6.07. The van der Waals surface area contributed by atoms with Crippen molar-refractivity contribution in [3.05, 3.63) is 71.8 Å². The largest absolute Gasteiger partial charge is 0.459 e. The summed E-state index contributed by atoms with van der Waals surface area (Å²) in [4.78, 5) is 39.1. The van der Waals surface area contributed by atoms with Gasteiger partial charge in [0.25, 0.3) is 0 Å². The molecule has 1 N–H and O–H groups in total. The van der Waals surface area contributed by atoms with Crippen molar-refractivity contribution in [2.75, 3.05) is 6.54 Å². The standard InChI is InChI=1S/C24H28N2O5/c1-24(2)14-13-20(22(28)30-16-18-9-5-3-6-10-18)26(24)21(27)15-25-23(29)31-17-19-11-7-4-8-12-19/h3-12,20H,13-17H2,1-2H3,(H,25,29)/t20-/m0/s1. The minimum atomic E-state index is -0.683. The van der Waals surface area contributed by atoms with E-state index in [1.165, 1.54) is 4.90 Å². The number of rotatable bonds is 7. The van der Waals surface area contributed by atoms with Gasteiger partial charge in [-0.05, 0) is 37.8 Å². The Morgan fingerprint density at radius 2 is 1.48 bits per heavy atom. The van der Waals surface area contributed by atoms with Crippen LogP contribution in [-0.2, 0) is 32.3 Å². The van der Waals surface area contributed by atoms with Gasteiger partial charge in [-0.1, -0.05) is 60.7 Å². The van der Waals surface area contributed by atoms with Crippen molar-refractivity contribution in [1.82, 2.24) is 10.2 Å². The summed E-state index contributed by atoms with van der Waals surface area (Å²) in [5.74, 6) is -0.782. The molecule has 0 saturated carbocycles. The monoisotopic (exact) mass is 424 g/mol. The number of hydrogen-bond donors (Lipinski definition) is 1. The Labute approximate surface area is 182 Å². The summed E-state index contributed by atoms with van der Waals surface area (Å²) in [6.45, 7) is 3.83. The van der Waals surface area contributed by atoms with Gasteiger partial charge in [-0.25, -0.2) is 9.59 Å². The van der Waals surface area contributed by atoms with Crippen molar-refractivity contribution >= 4 is 18.0 Å². The third-order valence-corrected chi connectivity index (χ3v) is 5.35. The number of alkyl carbamates (subject to hydrolysis) is 1. The lowest BCUT2D eigenvalue weighted by atomic mass is 10.0. The summed E-state index contributed by atoms with van der Waals surface area (Å²) < 4.78 is 10.6. The number of nitrogens with zero attached hydrogens (tertiary/aromatic N) is 1. The van der Waals surface area contributed by atoms with E-state index in [1.807, 2.05) is 74.5 Å². The highest BCUT2D eigenvalue weighted by Gasteiger charge is 2.46. The van der Waals surface area contributed by atoms with Crippen LogP contribution in [0.3, 0.4) is 0 Å². The molecule has 1 atom stereocenters. The molecule has 1 saturated heterocycles. The number of hydrogen-bond acceptors (Lipinski definition) is 5. The molecular formula is C24H28N2O5. The number of likely N-dealkylation sites (tertiary alicyclic amines) is 1. The zero-order valence-corrected chi connectivity index (χ0v) is 17.9. The molecular weight excluding hydrogens is 396 g/mol. The second-order valence-electron chi connectivity index (χ2n) is 8.14. The molecule has 7 nitrogen and oxygen atoms in total. The predicted octanol–water partition coefficient (Wildman–Crippen LogP) is 3.43. The predicted molar refractivity (Wildman–Crippen MR) is 115 cm³/mol. The van der Waals surface area contributed by atoms with Gasteiger partial charge in [-0.3, -0.25) is 4.79 Å². The van der Waals surface area contributed by atoms with E-state index in [-0.39, 0.29) is 25.7 Å². The summed E-state index contributed by atoms with van der Waals surface area (Å²) in [6, 6.07) is 18.0. The van der Waals surface area contributed by atoms with Crippen LogP contribution in [0.4, 0.5) is 4.79 Å². The van der Waals surface area contributed by atoms with Gasteiger partial charge >= 0.3 is 12.1 Å². The van der Waals surface area contributed by atoms with Crippen LogP contribution in [0.15, 0.2) is 60.7 Å². The number of esters is 1. The first kappa shape index (κ1) is 22.3. The Hall–Kier alpha value is -3.35. The van der Waals surface area contributed by atoms with Crippen LogP contribution >= 0.6 is 0 Å². The van der Waals surface area contributed by atoms with Gasteiger partial charge in [-0.15, -0.1) is 0 Å². The quantitative estimate of drug-likeness (QED) is 0.689. The van der Waals surface area contributed by atoms with Crippen molar-refractivity contribution in [2.24, 2.45) is 0 Å². The summed E-state index contributed by atoms with van der Waals surface area (Å²) in [5, 5.41) is 2.48. The molecule has 3 rings (SSSR count). The van der Waals surface area contributed by atoms with Gasteiger partial charge in [0.1, 0.15) is 25.8 Å². The average Bonchev–Trinajstić information content (AvgIpc) is 3.11. The first-order valence-electron chi connectivity index (χ1n) is 10.3. The van der Waals surface area contributed by atoms with E-state index in [9.17, 15) is 14.4 Å². The number of carbonyl (C=O) groups is 3. The van der Waals surface area contributed by atoms with Crippen molar-refractivity contribution < 1.29 is 23.9 Å². The molecule has 0 aromatic heterocycles. The second-order valence-corrected chi connectivity index (χ2v) is 8.14. The Morgan fingerprint density at radius 1 is 0.935 bits per heavy atom. The zero-order chi connectivity index (χ0) is 22.3. The van der Waals surface area contributed by atoms with E-state index >= 15 is 0 Å². The molecule has 2 amide bonds. The second kappa shape index (κ2) is 10.1. The highest BCUT2D eigenvalue weighted by molar-refractivity contribution is 5.88. The molecule has 2 aromatic rings. The number of ether oxygens (including phenoxy) is 2. The fraction of sp³-hybridized carbons (Fsp3) is 0.375. The van der Waals surface area contributed by atoms with Crippen LogP contribution in [0.5, 0.6) is 0 Å². The smallest absolute Gasteiger partial charge is 0.407 e. The molecule has 7 heteroatoms. The van der Waals surface area contributed by atoms with Crippen LogP contribution in [0.2, 0.25) is 0 Å². The molecule has 1 aliphatic heterocycles. The minimum absolute atomic E-state index is 0.116. The van der Waals surface area contributed by atoms with E-state index in [1.54, 1.807) is 0 Å². The Balaban J connectivity index is 1.52. The van der Waals surface area contributed by atoms with Crippen LogP contribution in [0.1, 0.15) is 37.8 Å². The van der Waals surface area contributed by atoms with Crippen LogP contribution < -0.4 is 5.32 Å². The molecule has 2 aromatic carbocycles. The molecule has 0 spiro atoms. The van der Waals surface area contributed by atoms with Crippen molar-refractivity contribution in [3.8, 4) is 0 Å². The molecule has 1 aliphatic rings. The third-order valence-electron chi connectivity index (χ3n) is 5.35. The van der Waals surface area contributed by atoms with E-state index in [4.69, 9.17) is 9.47 Å². The molecule has 1 fully saturated rings. The lowest BCUT2D eigenvalue weighted by Crippen LogP contribution is -2.53. The van der Waals surface area contributed by atoms with Crippen molar-refractivity contribution in [1.29, 1.82) is 0 Å². The number of amides is 2. The fourth-order valence-electron chi connectivity index (χ4n) is 3.73. The molecule has 0 radical (unpaired) electrons. The number of benzene rings is 2. The van der Waals surface area contributed by atoms with Gasteiger partial charge < -0.3 is 19.7 Å². The van der Waals surface area contributed by atoms with Gasteiger partial charge in [0.05, 0.1) is 0 Å². The molecule has 164 valence electrons. The first-order chi connectivity index (χ1) is 14.9. The minimum Gasteiger partial charge on any atom is -0.459 e. The van der Waals surface area contributed by atoms with Crippen molar-refractivity contribution in [2.45, 2.75) is 51.5 Å². The van der Waals surface area contributed by atoms with E-state index in [2.05, 4.69) is 5.32 Å². The number of nitrogens with one attached hydrogen (secondary N) is 1. The van der Waals surface area contributed by atoms with E-state index in [0.717, 1.165) is 11.1 Å². The lowest BCUT2D eigenvalue weighted by Gasteiger charge is -2.35. The molecule has 0 aliphatic carbocycles. The molecule has 0 unspecified atom stereocenters. The number of carbonyl (C=O) groups excluding carboxylic acids is 3. The highest BCUT2D eigenvalue weighted by atomic mass is 16.5. The van der Waals surface area contributed by atoms with Gasteiger partial charge in [0.2, 0.25) is 5.91 Å². The topological polar surface area (TPSA) is 84.9 Å². The Bertz CT molecular complexity index is 899. The Kier molecular flexibility index (Phi) is 7.28. The zero-order valence-electron chi connectivity index (χ0n) is 17.9. The maximum Gasteiger partial charge on any atom is 0.407 e. The SMILES string of the molecule is CC1(C)CC[C@@H](C(=O)OCc2ccccc2)N1C(=O)CNC(=O)OCc1ccccc1. The maximum atomic E-state index is 12.9. The van der Waals surface area contributed by atoms with Crippen LogP contribution in [0.25, 0.3) is 0 Å². The first-order valence-corrected chi connectivity index (χ1v) is 10.3. The maximum absolute atomic E-state index is 12.9. The Morgan fingerprint density at radius 3 is 2.06 bits per heavy atom. The summed E-state index contributed by atoms with van der Waals surface area (Å²) in [7, 11) is 0. The summed E-state index contributed by atoms with van der Waals surface area (Å²) in [5.41, 5.74) is 1.23. The van der Waals surface area contributed by atoms with Crippen molar-refractivity contribution in [3.63, 3.8) is 0 Å². The molecule has 1 heterocycles. The van der Waals surface area contributed by atoms with Crippen LogP contribution in [0, 0.1) is 0 Å². The molecule has 0 bridgehead atoms. The summed E-state index contributed by atoms with van der Waals surface area (Å²) >= 11 is 0. The molecule has 31 heavy (non-hydrogen) atoms. The van der Waals surface area contributed by atoms with Gasteiger partial charge in [0.15, 0.2) is 0 Å². The normalized spacial score (nSPS) is 17.1. The fourth-order valence-corrected chi connectivity index (χ4v) is 3.73. The lowest BCUT2D eigenvalue weighted by molar-refractivity contribution is -0.157. The van der Waals surface area contributed by atoms with E-state index < -0.39 is 23.6 Å². The average molecular weight is 424 g/mol. The van der Waals surface area contributed by atoms with E-state index in [0.29, 0.717) is 12.8 Å². The summed E-state index contributed by atoms with van der Waals surface area (Å²) in [6.07, 6.45) is 0.505. The van der Waals surface area contributed by atoms with Gasteiger partial charge in [-0.2, -0.15) is 0 Å². The van der Waals surface area contributed by atoms with Gasteiger partial charge in [0, 0.05) is 5.54 Å². The van der Waals surface area contributed by atoms with Crippen LogP contribution in [-0.4, -0.2) is 41.0 Å².